The second kappa shape index (κ2) is 6.55. The van der Waals surface area contributed by atoms with Crippen LogP contribution >= 0.6 is 0 Å². The average molecular weight is 283 g/mol. The molecule has 0 heterocycles. The van der Waals surface area contributed by atoms with E-state index in [0.29, 0.717) is 0 Å². The summed E-state index contributed by atoms with van der Waals surface area (Å²) in [6.07, 6.45) is 0.0535. The van der Waals surface area contributed by atoms with Gasteiger partial charge in [0.05, 0.1) is 6.42 Å². The first kappa shape index (κ1) is 15.3. The zero-order valence-electron chi connectivity index (χ0n) is 12.4. The Morgan fingerprint density at radius 2 is 1.48 bits per heavy atom. The number of carboxylic acids is 1. The van der Waals surface area contributed by atoms with Gasteiger partial charge in [-0.05, 0) is 25.1 Å². The Balaban J connectivity index is 2.53. The standard InChI is InChI=1S/C18H21NO2/c1-18(19-2,13-16(20)21)17(14-9-5-3-6-10-14)15-11-7-4-8-12-15/h3-12,17,19H,13H2,1-2H3,(H,20,21). The van der Waals surface area contributed by atoms with Crippen molar-refractivity contribution in [2.75, 3.05) is 7.05 Å². The SMILES string of the molecule is CNC(C)(CC(=O)O)C(c1ccccc1)c1ccccc1. The molecule has 1 atom stereocenters. The molecule has 1 unspecified atom stereocenters. The maximum atomic E-state index is 11.3. The van der Waals surface area contributed by atoms with Gasteiger partial charge in [-0.15, -0.1) is 0 Å². The lowest BCUT2D eigenvalue weighted by molar-refractivity contribution is -0.138. The highest BCUT2D eigenvalue weighted by Gasteiger charge is 2.37. The lowest BCUT2D eigenvalue weighted by Crippen LogP contribution is -2.47. The van der Waals surface area contributed by atoms with Crippen molar-refractivity contribution in [1.29, 1.82) is 0 Å². The van der Waals surface area contributed by atoms with E-state index in [2.05, 4.69) is 29.6 Å². The van der Waals surface area contributed by atoms with Crippen molar-refractivity contribution in [3.8, 4) is 0 Å². The number of hydrogen-bond donors (Lipinski definition) is 2. The van der Waals surface area contributed by atoms with E-state index >= 15 is 0 Å². The van der Waals surface area contributed by atoms with Gasteiger partial charge in [0, 0.05) is 11.5 Å². The smallest absolute Gasteiger partial charge is 0.305 e. The molecule has 0 fully saturated rings. The molecular formula is C18H21NO2. The maximum Gasteiger partial charge on any atom is 0.305 e. The maximum absolute atomic E-state index is 11.3. The molecule has 0 aliphatic rings. The molecule has 0 aromatic heterocycles. The summed E-state index contributed by atoms with van der Waals surface area (Å²) in [7, 11) is 1.82. The van der Waals surface area contributed by atoms with Crippen LogP contribution in [0.5, 0.6) is 0 Å². The summed E-state index contributed by atoms with van der Waals surface area (Å²) in [4.78, 5) is 11.3. The van der Waals surface area contributed by atoms with Gasteiger partial charge in [0.1, 0.15) is 0 Å². The molecule has 0 aliphatic heterocycles. The number of benzene rings is 2. The summed E-state index contributed by atoms with van der Waals surface area (Å²) in [5, 5.41) is 12.5. The summed E-state index contributed by atoms with van der Waals surface area (Å²) in [6.45, 7) is 1.96. The van der Waals surface area contributed by atoms with E-state index in [0.717, 1.165) is 11.1 Å². The molecular weight excluding hydrogens is 262 g/mol. The zero-order chi connectivity index (χ0) is 15.3. The van der Waals surface area contributed by atoms with Crippen molar-refractivity contribution in [2.45, 2.75) is 24.8 Å². The number of carboxylic acid groups (broad SMARTS) is 1. The summed E-state index contributed by atoms with van der Waals surface area (Å²) < 4.78 is 0. The lowest BCUT2D eigenvalue weighted by atomic mass is 9.74. The highest BCUT2D eigenvalue weighted by Crippen LogP contribution is 2.36. The summed E-state index contributed by atoms with van der Waals surface area (Å²) in [5.41, 5.74) is 1.66. The third kappa shape index (κ3) is 3.50. The number of hydrogen-bond acceptors (Lipinski definition) is 2. The number of rotatable bonds is 6. The Kier molecular flexibility index (Phi) is 4.76. The molecule has 2 aromatic rings. The number of aliphatic carboxylic acids is 1. The largest absolute Gasteiger partial charge is 0.481 e. The first-order valence-corrected chi connectivity index (χ1v) is 7.07. The molecule has 21 heavy (non-hydrogen) atoms. The molecule has 110 valence electrons. The van der Waals surface area contributed by atoms with Gasteiger partial charge >= 0.3 is 5.97 Å². The molecule has 3 heteroatoms. The van der Waals surface area contributed by atoms with Crippen molar-refractivity contribution < 1.29 is 9.90 Å². The Bertz CT molecular complexity index is 543. The predicted molar refractivity (Wildman–Crippen MR) is 84.4 cm³/mol. The number of nitrogens with one attached hydrogen (secondary N) is 1. The van der Waals surface area contributed by atoms with Crippen LogP contribution in [0, 0.1) is 0 Å². The molecule has 0 aliphatic carbocycles. The summed E-state index contributed by atoms with van der Waals surface area (Å²) in [5.74, 6) is -0.829. The van der Waals surface area contributed by atoms with Crippen LogP contribution in [0.3, 0.4) is 0 Å². The van der Waals surface area contributed by atoms with Crippen LogP contribution in [0.1, 0.15) is 30.4 Å². The molecule has 0 bridgehead atoms. The van der Waals surface area contributed by atoms with Crippen LogP contribution in [0.4, 0.5) is 0 Å². The molecule has 2 aromatic carbocycles. The Hall–Kier alpha value is -2.13. The van der Waals surface area contributed by atoms with E-state index < -0.39 is 11.5 Å². The summed E-state index contributed by atoms with van der Waals surface area (Å²) >= 11 is 0. The quantitative estimate of drug-likeness (QED) is 0.855. The fourth-order valence-electron chi connectivity index (χ4n) is 2.87. The molecule has 0 amide bonds. The minimum absolute atomic E-state index is 0.0269. The second-order valence-corrected chi connectivity index (χ2v) is 5.49. The Morgan fingerprint density at radius 1 is 1.05 bits per heavy atom. The van der Waals surface area contributed by atoms with Crippen LogP contribution < -0.4 is 5.32 Å². The fraction of sp³-hybridized carbons (Fsp3) is 0.278. The lowest BCUT2D eigenvalue weighted by Gasteiger charge is -2.37. The van der Waals surface area contributed by atoms with Crippen molar-refractivity contribution in [3.05, 3.63) is 71.8 Å². The predicted octanol–water partition coefficient (Wildman–Crippen LogP) is 3.27. The van der Waals surface area contributed by atoms with Crippen molar-refractivity contribution in [2.24, 2.45) is 0 Å². The zero-order valence-corrected chi connectivity index (χ0v) is 12.4. The van der Waals surface area contributed by atoms with Crippen molar-refractivity contribution >= 4 is 5.97 Å². The molecule has 3 nitrogen and oxygen atoms in total. The van der Waals surface area contributed by atoms with Gasteiger partial charge in [-0.25, -0.2) is 0 Å². The van der Waals surface area contributed by atoms with Gasteiger partial charge in [-0.3, -0.25) is 4.79 Å². The van der Waals surface area contributed by atoms with Crippen molar-refractivity contribution in [1.82, 2.24) is 5.32 Å². The highest BCUT2D eigenvalue weighted by atomic mass is 16.4. The monoisotopic (exact) mass is 283 g/mol. The van der Waals surface area contributed by atoms with Crippen LogP contribution in [0.2, 0.25) is 0 Å². The Morgan fingerprint density at radius 3 is 1.81 bits per heavy atom. The molecule has 0 saturated carbocycles. The van der Waals surface area contributed by atoms with Crippen LogP contribution in [-0.2, 0) is 4.79 Å². The Labute approximate surface area is 125 Å². The van der Waals surface area contributed by atoms with Gasteiger partial charge in [0.25, 0.3) is 0 Å². The van der Waals surface area contributed by atoms with Gasteiger partial charge in [0.15, 0.2) is 0 Å². The van der Waals surface area contributed by atoms with Crippen LogP contribution in [0.25, 0.3) is 0 Å². The van der Waals surface area contributed by atoms with E-state index in [1.807, 2.05) is 50.4 Å². The topological polar surface area (TPSA) is 49.3 Å². The molecule has 0 saturated heterocycles. The minimum Gasteiger partial charge on any atom is -0.481 e. The minimum atomic E-state index is -0.802. The van der Waals surface area contributed by atoms with E-state index in [9.17, 15) is 9.90 Å². The van der Waals surface area contributed by atoms with Crippen LogP contribution in [-0.4, -0.2) is 23.7 Å². The number of likely N-dealkylation sites (N-methyl/N-ethyl adjacent to an activating group) is 1. The molecule has 0 radical (unpaired) electrons. The third-order valence-corrected chi connectivity index (χ3v) is 3.99. The molecule has 2 N–H and O–H groups in total. The van der Waals surface area contributed by atoms with Gasteiger partial charge < -0.3 is 10.4 Å². The molecule has 0 spiro atoms. The first-order valence-electron chi connectivity index (χ1n) is 7.07. The average Bonchev–Trinajstić information content (AvgIpc) is 2.49. The normalized spacial score (nSPS) is 13.9. The van der Waals surface area contributed by atoms with Gasteiger partial charge in [-0.2, -0.15) is 0 Å². The first-order chi connectivity index (χ1) is 10.1. The summed E-state index contributed by atoms with van der Waals surface area (Å²) in [6, 6.07) is 20.1. The second-order valence-electron chi connectivity index (χ2n) is 5.49. The third-order valence-electron chi connectivity index (χ3n) is 3.99. The number of carbonyl (C=O) groups is 1. The highest BCUT2D eigenvalue weighted by molar-refractivity contribution is 5.69. The van der Waals surface area contributed by atoms with E-state index in [4.69, 9.17) is 0 Å². The van der Waals surface area contributed by atoms with E-state index in [1.54, 1.807) is 0 Å². The van der Waals surface area contributed by atoms with Gasteiger partial charge in [0.2, 0.25) is 0 Å². The van der Waals surface area contributed by atoms with E-state index in [-0.39, 0.29) is 12.3 Å². The van der Waals surface area contributed by atoms with Gasteiger partial charge in [-0.1, -0.05) is 60.7 Å². The molecule has 2 rings (SSSR count). The van der Waals surface area contributed by atoms with Crippen molar-refractivity contribution in [3.63, 3.8) is 0 Å². The fourth-order valence-corrected chi connectivity index (χ4v) is 2.87. The van der Waals surface area contributed by atoms with E-state index in [1.165, 1.54) is 0 Å². The van der Waals surface area contributed by atoms with Crippen LogP contribution in [0.15, 0.2) is 60.7 Å².